The molecule has 0 aliphatic carbocycles. The molecule has 0 unspecified atom stereocenters. The second-order valence-electron chi connectivity index (χ2n) is 10.7. The smallest absolute Gasteiger partial charge is 0.258 e. The minimum Gasteiger partial charge on any atom is -0.490 e. The molecule has 11 heteroatoms. The van der Waals surface area contributed by atoms with Gasteiger partial charge in [0.1, 0.15) is 28.5 Å². The number of nitrogens with two attached hydrogens (primary N) is 1. The van der Waals surface area contributed by atoms with Gasteiger partial charge >= 0.3 is 0 Å². The van der Waals surface area contributed by atoms with Gasteiger partial charge in [-0.05, 0) is 65.7 Å². The van der Waals surface area contributed by atoms with Gasteiger partial charge in [-0.3, -0.25) is 9.20 Å². The second-order valence-corrected chi connectivity index (χ2v) is 13.1. The molecule has 37 heavy (non-hydrogen) atoms. The normalized spacial score (nSPS) is 16.9. The number of hydrogen-bond acceptors (Lipinski definition) is 6. The SMILES string of the molecule is Cc1nc([C@@](C)([SiH3])c2cc(Cl)c(F)c(C(=O)NCC3CCN(C)CC3)c2OC(C)C)n2ccnc(N)c12. The molecule has 0 saturated carbocycles. The number of nitrogens with zero attached hydrogens (tertiary/aromatic N) is 4. The number of piperidine rings is 1. The summed E-state index contributed by atoms with van der Waals surface area (Å²) in [6.07, 6.45) is 5.10. The Hall–Kier alpha value is -2.69. The molecule has 1 atom stereocenters. The number of amides is 1. The molecule has 3 heterocycles. The van der Waals surface area contributed by atoms with E-state index >= 15 is 4.39 Å². The molecule has 4 rings (SSSR count). The van der Waals surface area contributed by atoms with Crippen molar-refractivity contribution in [2.45, 2.75) is 51.7 Å². The lowest BCUT2D eigenvalue weighted by molar-refractivity contribution is 0.0928. The van der Waals surface area contributed by atoms with Crippen molar-refractivity contribution >= 4 is 39.1 Å². The quantitative estimate of drug-likeness (QED) is 0.442. The predicted molar refractivity (Wildman–Crippen MR) is 148 cm³/mol. The Morgan fingerprint density at radius 3 is 2.73 bits per heavy atom. The molecule has 0 spiro atoms. The number of anilines is 1. The largest absolute Gasteiger partial charge is 0.490 e. The number of aryl methyl sites for hydroxylation is 1. The van der Waals surface area contributed by atoms with Gasteiger partial charge in [-0.25, -0.2) is 14.4 Å². The first-order chi connectivity index (χ1) is 17.4. The zero-order valence-electron chi connectivity index (χ0n) is 22.4. The van der Waals surface area contributed by atoms with E-state index in [1.165, 1.54) is 0 Å². The fraction of sp³-hybridized carbons (Fsp3) is 0.500. The first-order valence-corrected chi connectivity index (χ1v) is 14.0. The van der Waals surface area contributed by atoms with Crippen molar-refractivity contribution in [2.75, 3.05) is 32.4 Å². The minimum atomic E-state index is -0.781. The van der Waals surface area contributed by atoms with E-state index in [-0.39, 0.29) is 22.4 Å². The number of hydrogen-bond donors (Lipinski definition) is 2. The Morgan fingerprint density at radius 2 is 2.08 bits per heavy atom. The molecule has 1 aromatic carbocycles. The maximum absolute atomic E-state index is 15.5. The third-order valence-corrected chi connectivity index (χ3v) is 8.39. The number of rotatable bonds is 7. The highest BCUT2D eigenvalue weighted by molar-refractivity contribution is 6.31. The average Bonchev–Trinajstić information content (AvgIpc) is 3.19. The molecule has 0 bridgehead atoms. The number of benzene rings is 1. The molecule has 8 nitrogen and oxygen atoms in total. The predicted octanol–water partition coefficient (Wildman–Crippen LogP) is 2.90. The number of carbonyl (C=O) groups is 1. The van der Waals surface area contributed by atoms with Gasteiger partial charge in [-0.15, -0.1) is 0 Å². The number of nitrogens with one attached hydrogen (secondary N) is 1. The van der Waals surface area contributed by atoms with E-state index < -0.39 is 16.8 Å². The molecule has 3 aromatic rings. The van der Waals surface area contributed by atoms with Gasteiger partial charge in [-0.1, -0.05) is 18.5 Å². The Kier molecular flexibility index (Phi) is 7.82. The monoisotopic (exact) mass is 546 g/mol. The van der Waals surface area contributed by atoms with Crippen molar-refractivity contribution in [3.05, 3.63) is 51.9 Å². The van der Waals surface area contributed by atoms with Gasteiger partial charge in [0.15, 0.2) is 5.82 Å². The molecule has 1 saturated heterocycles. The molecule has 0 radical (unpaired) electrons. The fourth-order valence-electron chi connectivity index (χ4n) is 5.03. The number of fused-ring (bicyclic) bond motifs is 1. The second kappa shape index (κ2) is 10.6. The lowest BCUT2D eigenvalue weighted by atomic mass is 9.93. The summed E-state index contributed by atoms with van der Waals surface area (Å²) < 4.78 is 23.6. The van der Waals surface area contributed by atoms with Crippen LogP contribution in [0.25, 0.3) is 5.52 Å². The van der Waals surface area contributed by atoms with Crippen molar-refractivity contribution in [3.63, 3.8) is 0 Å². The Morgan fingerprint density at radius 1 is 1.41 bits per heavy atom. The van der Waals surface area contributed by atoms with Crippen LogP contribution < -0.4 is 15.8 Å². The topological polar surface area (TPSA) is 97.8 Å². The third kappa shape index (κ3) is 5.32. The van der Waals surface area contributed by atoms with Gasteiger partial charge in [0.25, 0.3) is 5.91 Å². The van der Waals surface area contributed by atoms with Crippen LogP contribution >= 0.6 is 11.6 Å². The number of carbonyl (C=O) groups excluding carboxylic acids is 1. The first-order valence-electron chi connectivity index (χ1n) is 12.7. The standard InChI is InChI=1S/C26H36ClFN6O2Si/c1-14(2)36-22-17(26(4,37)25-32-15(3)21-23(29)30-8-11-34(21)25)12-18(27)20(28)19(22)24(35)31-13-16-6-9-33(5)10-7-16/h8,11-12,14,16H,6-7,9-10,13H2,1-5,37H3,(H2,29,30)(H,31,35)/t26-/m0/s1. The molecule has 1 fully saturated rings. The van der Waals surface area contributed by atoms with Crippen LogP contribution in [-0.4, -0.2) is 68.2 Å². The molecular formula is C26H36ClFN6O2Si. The van der Waals surface area contributed by atoms with Crippen LogP contribution in [0.3, 0.4) is 0 Å². The Labute approximate surface area is 225 Å². The van der Waals surface area contributed by atoms with Crippen LogP contribution in [-0.2, 0) is 5.04 Å². The number of nitrogen functional groups attached to an aromatic ring is 1. The highest BCUT2D eigenvalue weighted by Gasteiger charge is 2.37. The number of aromatic nitrogens is 3. The minimum absolute atomic E-state index is 0.128. The van der Waals surface area contributed by atoms with E-state index in [1.54, 1.807) is 18.5 Å². The van der Waals surface area contributed by atoms with Gasteiger partial charge in [0, 0.05) is 39.8 Å². The van der Waals surface area contributed by atoms with Crippen molar-refractivity contribution in [3.8, 4) is 5.75 Å². The van der Waals surface area contributed by atoms with E-state index in [1.807, 2.05) is 32.1 Å². The third-order valence-electron chi connectivity index (χ3n) is 7.13. The van der Waals surface area contributed by atoms with Crippen LogP contribution in [0.4, 0.5) is 10.2 Å². The molecule has 2 aromatic heterocycles. The Balaban J connectivity index is 1.80. The van der Waals surface area contributed by atoms with Crippen LogP contribution in [0, 0.1) is 18.7 Å². The van der Waals surface area contributed by atoms with Gasteiger partial charge in [-0.2, -0.15) is 0 Å². The molecule has 1 aliphatic rings. The molecular weight excluding hydrogens is 511 g/mol. The van der Waals surface area contributed by atoms with Crippen LogP contribution in [0.5, 0.6) is 5.75 Å². The van der Waals surface area contributed by atoms with Crippen LogP contribution in [0.1, 0.15) is 61.1 Å². The maximum atomic E-state index is 15.5. The van der Waals surface area contributed by atoms with E-state index in [0.29, 0.717) is 39.9 Å². The van der Waals surface area contributed by atoms with Gasteiger partial charge in [0.05, 0.1) is 16.8 Å². The molecule has 1 aliphatic heterocycles. The molecule has 1 amide bonds. The van der Waals surface area contributed by atoms with E-state index in [9.17, 15) is 4.79 Å². The summed E-state index contributed by atoms with van der Waals surface area (Å²) >= 11 is 6.42. The highest BCUT2D eigenvalue weighted by atomic mass is 35.5. The summed E-state index contributed by atoms with van der Waals surface area (Å²) in [5.41, 5.74) is 8.05. The first kappa shape index (κ1) is 27.3. The highest BCUT2D eigenvalue weighted by Crippen LogP contribution is 2.42. The summed E-state index contributed by atoms with van der Waals surface area (Å²) in [5, 5.41) is 2.13. The summed E-state index contributed by atoms with van der Waals surface area (Å²) in [6, 6.07) is 1.57. The summed E-state index contributed by atoms with van der Waals surface area (Å²) in [7, 11) is 2.65. The van der Waals surface area contributed by atoms with Crippen molar-refractivity contribution in [1.82, 2.24) is 24.6 Å². The zero-order valence-corrected chi connectivity index (χ0v) is 25.1. The fourth-order valence-corrected chi connectivity index (χ4v) is 5.96. The molecule has 3 N–H and O–H groups in total. The van der Waals surface area contributed by atoms with E-state index in [0.717, 1.165) is 37.1 Å². The lowest BCUT2D eigenvalue weighted by Crippen LogP contribution is -2.37. The number of imidazole rings is 1. The number of ether oxygens (including phenoxy) is 1. The maximum Gasteiger partial charge on any atom is 0.258 e. The number of halogens is 2. The molecule has 200 valence electrons. The lowest BCUT2D eigenvalue weighted by Gasteiger charge is -2.30. The van der Waals surface area contributed by atoms with Crippen molar-refractivity contribution < 1.29 is 13.9 Å². The zero-order chi connectivity index (χ0) is 27.1. The number of likely N-dealkylation sites (tertiary alicyclic amines) is 1. The Bertz CT molecular complexity index is 1320. The van der Waals surface area contributed by atoms with Crippen LogP contribution in [0.15, 0.2) is 18.5 Å². The van der Waals surface area contributed by atoms with Crippen molar-refractivity contribution in [1.29, 1.82) is 0 Å². The summed E-state index contributed by atoms with van der Waals surface area (Å²) in [5.74, 6) is 0.323. The van der Waals surface area contributed by atoms with Gasteiger partial charge < -0.3 is 20.7 Å². The summed E-state index contributed by atoms with van der Waals surface area (Å²) in [4.78, 5) is 24.8. The van der Waals surface area contributed by atoms with Crippen LogP contribution in [0.2, 0.25) is 5.02 Å². The van der Waals surface area contributed by atoms with Gasteiger partial charge in [0.2, 0.25) is 0 Å². The van der Waals surface area contributed by atoms with Crippen molar-refractivity contribution in [2.24, 2.45) is 5.92 Å². The average molecular weight is 547 g/mol. The van der Waals surface area contributed by atoms with E-state index in [2.05, 4.69) is 22.2 Å². The summed E-state index contributed by atoms with van der Waals surface area (Å²) in [6.45, 7) is 10.0. The van der Waals surface area contributed by atoms with E-state index in [4.69, 9.17) is 27.1 Å².